The van der Waals surface area contributed by atoms with E-state index in [1.165, 1.54) is 25.8 Å². The fraction of sp³-hybridized carbons (Fsp3) is 1.00. The van der Waals surface area contributed by atoms with E-state index in [9.17, 15) is 0 Å². The molecule has 1 fully saturated rings. The number of nitrogens with zero attached hydrogens (tertiary/aromatic N) is 1. The normalized spacial score (nSPS) is 25.9. The highest BCUT2D eigenvalue weighted by molar-refractivity contribution is 4.81. The standard InChI is InChI=1S/C13H28N2O/c1-5-6-11(2)14-9-12(3)15-8-7-13(10-15)16-4/h11-14H,5-10H2,1-4H3. The predicted molar refractivity (Wildman–Crippen MR) is 68.8 cm³/mol. The van der Waals surface area contributed by atoms with Crippen LogP contribution in [0.15, 0.2) is 0 Å². The summed E-state index contributed by atoms with van der Waals surface area (Å²) in [5, 5.41) is 3.61. The van der Waals surface area contributed by atoms with Crippen LogP contribution in [0, 0.1) is 0 Å². The Bertz CT molecular complexity index is 187. The summed E-state index contributed by atoms with van der Waals surface area (Å²) >= 11 is 0. The van der Waals surface area contributed by atoms with Gasteiger partial charge in [-0.3, -0.25) is 4.90 Å². The van der Waals surface area contributed by atoms with Crippen molar-refractivity contribution in [3.8, 4) is 0 Å². The first-order valence-electron chi connectivity index (χ1n) is 6.67. The summed E-state index contributed by atoms with van der Waals surface area (Å²) < 4.78 is 5.39. The van der Waals surface area contributed by atoms with E-state index in [-0.39, 0.29) is 0 Å². The van der Waals surface area contributed by atoms with E-state index in [4.69, 9.17) is 4.74 Å². The van der Waals surface area contributed by atoms with Crippen LogP contribution in [0.25, 0.3) is 0 Å². The lowest BCUT2D eigenvalue weighted by atomic mass is 10.2. The van der Waals surface area contributed by atoms with Gasteiger partial charge in [-0.1, -0.05) is 13.3 Å². The Hall–Kier alpha value is -0.120. The number of rotatable bonds is 7. The van der Waals surface area contributed by atoms with Crippen molar-refractivity contribution in [2.24, 2.45) is 0 Å². The fourth-order valence-electron chi connectivity index (χ4n) is 2.38. The van der Waals surface area contributed by atoms with Gasteiger partial charge >= 0.3 is 0 Å². The molecule has 96 valence electrons. The average molecular weight is 228 g/mol. The minimum atomic E-state index is 0.454. The van der Waals surface area contributed by atoms with Crippen LogP contribution in [0.2, 0.25) is 0 Å². The number of methoxy groups -OCH3 is 1. The lowest BCUT2D eigenvalue weighted by Gasteiger charge is -2.26. The number of hydrogen-bond acceptors (Lipinski definition) is 3. The Balaban J connectivity index is 2.17. The largest absolute Gasteiger partial charge is 0.380 e. The summed E-state index contributed by atoms with van der Waals surface area (Å²) in [4.78, 5) is 2.53. The smallest absolute Gasteiger partial charge is 0.0710 e. The van der Waals surface area contributed by atoms with Gasteiger partial charge in [0.05, 0.1) is 6.10 Å². The molecule has 3 heteroatoms. The highest BCUT2D eigenvalue weighted by atomic mass is 16.5. The molecule has 3 unspecified atom stereocenters. The molecule has 3 atom stereocenters. The molecule has 16 heavy (non-hydrogen) atoms. The molecule has 0 radical (unpaired) electrons. The zero-order valence-corrected chi connectivity index (χ0v) is 11.3. The van der Waals surface area contributed by atoms with Gasteiger partial charge in [-0.2, -0.15) is 0 Å². The second-order valence-electron chi connectivity index (χ2n) is 5.09. The minimum Gasteiger partial charge on any atom is -0.380 e. The molecule has 0 aromatic heterocycles. The van der Waals surface area contributed by atoms with E-state index in [0.717, 1.165) is 13.1 Å². The van der Waals surface area contributed by atoms with Gasteiger partial charge in [0.15, 0.2) is 0 Å². The van der Waals surface area contributed by atoms with Gasteiger partial charge in [0.1, 0.15) is 0 Å². The van der Waals surface area contributed by atoms with Crippen molar-refractivity contribution in [1.82, 2.24) is 10.2 Å². The number of ether oxygens (including phenoxy) is 1. The summed E-state index contributed by atoms with van der Waals surface area (Å²) in [6.45, 7) is 10.2. The predicted octanol–water partition coefficient (Wildman–Crippen LogP) is 1.87. The molecular formula is C13H28N2O. The summed E-state index contributed by atoms with van der Waals surface area (Å²) in [6.07, 6.45) is 4.17. The van der Waals surface area contributed by atoms with Gasteiger partial charge in [-0.05, 0) is 26.7 Å². The lowest BCUT2D eigenvalue weighted by Crippen LogP contribution is -2.42. The molecule has 1 heterocycles. The Kier molecular flexibility index (Phi) is 6.32. The molecule has 1 aliphatic rings. The molecular weight excluding hydrogens is 200 g/mol. The first kappa shape index (κ1) is 13.9. The third kappa shape index (κ3) is 4.40. The average Bonchev–Trinajstić information content (AvgIpc) is 2.75. The topological polar surface area (TPSA) is 24.5 Å². The molecule has 0 bridgehead atoms. The van der Waals surface area contributed by atoms with Gasteiger partial charge in [0.25, 0.3) is 0 Å². The van der Waals surface area contributed by atoms with Crippen LogP contribution in [0.1, 0.15) is 40.0 Å². The zero-order chi connectivity index (χ0) is 12.0. The van der Waals surface area contributed by atoms with Crippen molar-refractivity contribution in [3.63, 3.8) is 0 Å². The van der Waals surface area contributed by atoms with Crippen LogP contribution in [0.4, 0.5) is 0 Å². The SMILES string of the molecule is CCCC(C)NCC(C)N1CCC(OC)C1. The molecule has 0 aromatic carbocycles. The van der Waals surface area contributed by atoms with Gasteiger partial charge < -0.3 is 10.1 Å². The van der Waals surface area contributed by atoms with Crippen LogP contribution < -0.4 is 5.32 Å². The maximum Gasteiger partial charge on any atom is 0.0710 e. The third-order valence-corrected chi connectivity index (χ3v) is 3.62. The van der Waals surface area contributed by atoms with E-state index >= 15 is 0 Å². The maximum atomic E-state index is 5.39. The van der Waals surface area contributed by atoms with Gasteiger partial charge in [0, 0.05) is 38.8 Å². The van der Waals surface area contributed by atoms with E-state index in [1.807, 2.05) is 7.11 Å². The van der Waals surface area contributed by atoms with Crippen LogP contribution in [0.5, 0.6) is 0 Å². The van der Waals surface area contributed by atoms with E-state index in [0.29, 0.717) is 18.2 Å². The molecule has 1 N–H and O–H groups in total. The fourth-order valence-corrected chi connectivity index (χ4v) is 2.38. The highest BCUT2D eigenvalue weighted by Gasteiger charge is 2.25. The lowest BCUT2D eigenvalue weighted by molar-refractivity contribution is 0.102. The zero-order valence-electron chi connectivity index (χ0n) is 11.3. The van der Waals surface area contributed by atoms with Crippen molar-refractivity contribution in [1.29, 1.82) is 0 Å². The monoisotopic (exact) mass is 228 g/mol. The van der Waals surface area contributed by atoms with Crippen LogP contribution in [-0.2, 0) is 4.74 Å². The Morgan fingerprint density at radius 2 is 2.19 bits per heavy atom. The molecule has 3 nitrogen and oxygen atoms in total. The Labute approximate surface area is 101 Å². The third-order valence-electron chi connectivity index (χ3n) is 3.62. The number of nitrogens with one attached hydrogen (secondary N) is 1. The van der Waals surface area contributed by atoms with Gasteiger partial charge in [0.2, 0.25) is 0 Å². The molecule has 0 aromatic rings. The maximum absolute atomic E-state index is 5.39. The number of hydrogen-bond donors (Lipinski definition) is 1. The van der Waals surface area contributed by atoms with Crippen LogP contribution in [0.3, 0.4) is 0 Å². The molecule has 0 saturated carbocycles. The van der Waals surface area contributed by atoms with E-state index in [2.05, 4.69) is 31.0 Å². The van der Waals surface area contributed by atoms with Crippen molar-refractivity contribution in [2.45, 2.75) is 58.2 Å². The molecule has 0 amide bonds. The first-order chi connectivity index (χ1) is 7.67. The van der Waals surface area contributed by atoms with Crippen LogP contribution in [-0.4, -0.2) is 49.8 Å². The van der Waals surface area contributed by atoms with Crippen LogP contribution >= 0.6 is 0 Å². The molecule has 1 saturated heterocycles. The van der Waals surface area contributed by atoms with Crippen molar-refractivity contribution in [3.05, 3.63) is 0 Å². The summed E-state index contributed by atoms with van der Waals surface area (Å²) in [6, 6.07) is 1.27. The summed E-state index contributed by atoms with van der Waals surface area (Å²) in [5.41, 5.74) is 0. The Morgan fingerprint density at radius 1 is 1.44 bits per heavy atom. The Morgan fingerprint density at radius 3 is 2.75 bits per heavy atom. The van der Waals surface area contributed by atoms with E-state index in [1.54, 1.807) is 0 Å². The minimum absolute atomic E-state index is 0.454. The van der Waals surface area contributed by atoms with Gasteiger partial charge in [-0.25, -0.2) is 0 Å². The van der Waals surface area contributed by atoms with Gasteiger partial charge in [-0.15, -0.1) is 0 Å². The molecule has 1 aliphatic heterocycles. The summed E-state index contributed by atoms with van der Waals surface area (Å²) in [5.74, 6) is 0. The quantitative estimate of drug-likeness (QED) is 0.720. The number of likely N-dealkylation sites (tertiary alicyclic amines) is 1. The second-order valence-corrected chi connectivity index (χ2v) is 5.09. The second kappa shape index (κ2) is 7.25. The van der Waals surface area contributed by atoms with Crippen molar-refractivity contribution >= 4 is 0 Å². The molecule has 1 rings (SSSR count). The van der Waals surface area contributed by atoms with Crippen molar-refractivity contribution < 1.29 is 4.74 Å². The molecule has 0 spiro atoms. The molecule has 0 aliphatic carbocycles. The summed E-state index contributed by atoms with van der Waals surface area (Å²) in [7, 11) is 1.82. The van der Waals surface area contributed by atoms with Crippen molar-refractivity contribution in [2.75, 3.05) is 26.7 Å². The highest BCUT2D eigenvalue weighted by Crippen LogP contribution is 2.14. The van der Waals surface area contributed by atoms with E-state index < -0.39 is 0 Å². The first-order valence-corrected chi connectivity index (χ1v) is 6.67.